The van der Waals surface area contributed by atoms with Gasteiger partial charge in [-0.15, -0.1) is 0 Å². The van der Waals surface area contributed by atoms with E-state index in [2.05, 4.69) is 10.3 Å². The molecule has 3 rings (SSSR count). The Kier molecular flexibility index (Phi) is 5.68. The fourth-order valence-corrected chi connectivity index (χ4v) is 2.43. The fraction of sp³-hybridized carbons (Fsp3) is 0.211. The van der Waals surface area contributed by atoms with E-state index in [0.29, 0.717) is 17.1 Å². The predicted molar refractivity (Wildman–Crippen MR) is 98.3 cm³/mol. The summed E-state index contributed by atoms with van der Waals surface area (Å²) in [5.41, 5.74) is -0.120. The largest absolute Gasteiger partial charge is 0.497 e. The van der Waals surface area contributed by atoms with Crippen LogP contribution in [0.5, 0.6) is 11.5 Å². The Bertz CT molecular complexity index is 1000. The second-order valence-electron chi connectivity index (χ2n) is 5.76. The number of carbonyl (C=O) groups excluding carboxylic acids is 1. The molecule has 1 aromatic carbocycles. The van der Waals surface area contributed by atoms with Gasteiger partial charge in [-0.05, 0) is 24.3 Å². The Morgan fingerprint density at radius 1 is 1.26 bits per heavy atom. The number of nitrogens with one attached hydrogen (secondary N) is 1. The number of amides is 1. The zero-order valence-corrected chi connectivity index (χ0v) is 14.7. The van der Waals surface area contributed by atoms with Crippen molar-refractivity contribution < 1.29 is 19.4 Å². The van der Waals surface area contributed by atoms with E-state index in [-0.39, 0.29) is 18.7 Å². The molecule has 0 bridgehead atoms. The zero-order chi connectivity index (χ0) is 19.2. The Morgan fingerprint density at radius 2 is 2.07 bits per heavy atom. The van der Waals surface area contributed by atoms with Crippen LogP contribution in [-0.4, -0.2) is 46.8 Å². The van der Waals surface area contributed by atoms with Gasteiger partial charge in [0.15, 0.2) is 0 Å². The first-order valence-corrected chi connectivity index (χ1v) is 8.28. The van der Waals surface area contributed by atoms with Gasteiger partial charge in [0.2, 0.25) is 0 Å². The van der Waals surface area contributed by atoms with Crippen LogP contribution >= 0.6 is 0 Å². The van der Waals surface area contributed by atoms with Gasteiger partial charge in [-0.1, -0.05) is 12.1 Å². The highest BCUT2D eigenvalue weighted by atomic mass is 16.5. The van der Waals surface area contributed by atoms with Crippen molar-refractivity contribution in [1.82, 2.24) is 14.7 Å². The number of carbonyl (C=O) groups is 1. The molecule has 2 aromatic heterocycles. The molecule has 0 aliphatic rings. The van der Waals surface area contributed by atoms with E-state index in [1.807, 2.05) is 0 Å². The first-order chi connectivity index (χ1) is 13.1. The van der Waals surface area contributed by atoms with Gasteiger partial charge in [0.05, 0.1) is 7.11 Å². The van der Waals surface area contributed by atoms with Crippen molar-refractivity contribution in [3.05, 3.63) is 70.8 Å². The maximum Gasteiger partial charge on any atom is 0.270 e. The number of rotatable bonds is 7. The smallest absolute Gasteiger partial charge is 0.270 e. The number of benzene rings is 1. The van der Waals surface area contributed by atoms with Gasteiger partial charge in [0, 0.05) is 25.0 Å². The third-order valence-electron chi connectivity index (χ3n) is 3.84. The van der Waals surface area contributed by atoms with E-state index in [4.69, 9.17) is 9.47 Å². The summed E-state index contributed by atoms with van der Waals surface area (Å²) in [5.74, 6) is 0.572. The van der Waals surface area contributed by atoms with Crippen LogP contribution in [0.2, 0.25) is 0 Å². The quantitative estimate of drug-likeness (QED) is 0.641. The molecule has 3 aromatic rings. The standard InChI is InChI=1S/C19H19N3O5/c1-26-14-5-4-6-15(9-14)27-12-13(23)10-21-18(24)16-11-20-17-7-2-3-8-22(17)19(16)25/h2-9,11,13,23H,10,12H2,1H3,(H,21,24). The summed E-state index contributed by atoms with van der Waals surface area (Å²) < 4.78 is 11.9. The van der Waals surface area contributed by atoms with Crippen LogP contribution < -0.4 is 20.3 Å². The molecule has 0 aliphatic heterocycles. The summed E-state index contributed by atoms with van der Waals surface area (Å²) in [6.07, 6.45) is 1.82. The number of ether oxygens (including phenoxy) is 2. The van der Waals surface area contributed by atoms with E-state index in [9.17, 15) is 14.7 Å². The van der Waals surface area contributed by atoms with Gasteiger partial charge < -0.3 is 19.9 Å². The molecular weight excluding hydrogens is 350 g/mol. The lowest BCUT2D eigenvalue weighted by atomic mass is 10.3. The molecule has 0 spiro atoms. The normalized spacial score (nSPS) is 11.8. The Morgan fingerprint density at radius 3 is 2.89 bits per heavy atom. The minimum atomic E-state index is -0.948. The molecule has 0 saturated carbocycles. The lowest BCUT2D eigenvalue weighted by Crippen LogP contribution is -2.38. The topological polar surface area (TPSA) is 102 Å². The molecule has 140 valence electrons. The summed E-state index contributed by atoms with van der Waals surface area (Å²) in [6, 6.07) is 12.1. The number of nitrogens with zero attached hydrogens (tertiary/aromatic N) is 2. The molecule has 1 atom stereocenters. The third kappa shape index (κ3) is 4.42. The maximum absolute atomic E-state index is 12.3. The lowest BCUT2D eigenvalue weighted by Gasteiger charge is -2.13. The van der Waals surface area contributed by atoms with Crippen molar-refractivity contribution in [2.45, 2.75) is 6.10 Å². The number of methoxy groups -OCH3 is 1. The van der Waals surface area contributed by atoms with Gasteiger partial charge in [-0.25, -0.2) is 4.98 Å². The van der Waals surface area contributed by atoms with Crippen LogP contribution in [0.1, 0.15) is 10.4 Å². The predicted octanol–water partition coefficient (Wildman–Crippen LogP) is 0.873. The van der Waals surface area contributed by atoms with Crippen molar-refractivity contribution in [2.24, 2.45) is 0 Å². The number of hydrogen-bond acceptors (Lipinski definition) is 6. The number of aliphatic hydroxyl groups excluding tert-OH is 1. The molecule has 8 heteroatoms. The molecule has 2 heterocycles. The Balaban J connectivity index is 1.57. The van der Waals surface area contributed by atoms with E-state index < -0.39 is 17.6 Å². The summed E-state index contributed by atoms with van der Waals surface area (Å²) in [5, 5.41) is 12.5. The SMILES string of the molecule is COc1cccc(OCC(O)CNC(=O)c2cnc3ccccn3c2=O)c1. The number of fused-ring (bicyclic) bond motifs is 1. The molecule has 1 amide bonds. The van der Waals surface area contributed by atoms with Crippen LogP contribution in [0.25, 0.3) is 5.65 Å². The summed E-state index contributed by atoms with van der Waals surface area (Å²) in [4.78, 5) is 28.7. The highest BCUT2D eigenvalue weighted by molar-refractivity contribution is 5.93. The van der Waals surface area contributed by atoms with Gasteiger partial charge in [0.1, 0.15) is 35.4 Å². The average Bonchev–Trinajstić information content (AvgIpc) is 2.71. The second kappa shape index (κ2) is 8.33. The number of aromatic nitrogens is 2. The number of aliphatic hydroxyl groups is 1. The highest BCUT2D eigenvalue weighted by Gasteiger charge is 2.15. The van der Waals surface area contributed by atoms with Crippen LogP contribution in [0.4, 0.5) is 0 Å². The van der Waals surface area contributed by atoms with Crippen LogP contribution in [0, 0.1) is 0 Å². The summed E-state index contributed by atoms with van der Waals surface area (Å²) >= 11 is 0. The monoisotopic (exact) mass is 369 g/mol. The van der Waals surface area contributed by atoms with Gasteiger partial charge in [0.25, 0.3) is 11.5 Å². The minimum Gasteiger partial charge on any atom is -0.497 e. The van der Waals surface area contributed by atoms with Gasteiger partial charge in [-0.3, -0.25) is 14.0 Å². The van der Waals surface area contributed by atoms with Crippen LogP contribution in [0.3, 0.4) is 0 Å². The van der Waals surface area contributed by atoms with Crippen molar-refractivity contribution in [3.63, 3.8) is 0 Å². The van der Waals surface area contributed by atoms with Crippen molar-refractivity contribution in [2.75, 3.05) is 20.3 Å². The zero-order valence-electron chi connectivity index (χ0n) is 14.7. The Labute approximate surface area is 155 Å². The third-order valence-corrected chi connectivity index (χ3v) is 3.84. The van der Waals surface area contributed by atoms with Crippen LogP contribution in [0.15, 0.2) is 59.7 Å². The molecule has 0 fully saturated rings. The van der Waals surface area contributed by atoms with Crippen molar-refractivity contribution in [1.29, 1.82) is 0 Å². The van der Waals surface area contributed by atoms with E-state index in [1.54, 1.807) is 49.6 Å². The van der Waals surface area contributed by atoms with Gasteiger partial charge in [-0.2, -0.15) is 0 Å². The Hall–Kier alpha value is -3.39. The maximum atomic E-state index is 12.3. The van der Waals surface area contributed by atoms with Crippen LogP contribution in [-0.2, 0) is 0 Å². The molecule has 1 unspecified atom stereocenters. The first-order valence-electron chi connectivity index (χ1n) is 8.28. The van der Waals surface area contributed by atoms with Crippen molar-refractivity contribution >= 4 is 11.6 Å². The second-order valence-corrected chi connectivity index (χ2v) is 5.76. The summed E-state index contributed by atoms with van der Waals surface area (Å²) in [7, 11) is 1.55. The molecule has 0 aliphatic carbocycles. The van der Waals surface area contributed by atoms with E-state index in [1.165, 1.54) is 16.8 Å². The lowest BCUT2D eigenvalue weighted by molar-refractivity contribution is 0.0842. The fourth-order valence-electron chi connectivity index (χ4n) is 2.43. The molecule has 8 nitrogen and oxygen atoms in total. The average molecular weight is 369 g/mol. The molecule has 0 saturated heterocycles. The van der Waals surface area contributed by atoms with Crippen molar-refractivity contribution in [3.8, 4) is 11.5 Å². The number of hydrogen-bond donors (Lipinski definition) is 2. The van der Waals surface area contributed by atoms with E-state index >= 15 is 0 Å². The molecule has 27 heavy (non-hydrogen) atoms. The van der Waals surface area contributed by atoms with E-state index in [0.717, 1.165) is 0 Å². The molecule has 0 radical (unpaired) electrons. The minimum absolute atomic E-state index is 0.0254. The highest BCUT2D eigenvalue weighted by Crippen LogP contribution is 2.18. The van der Waals surface area contributed by atoms with Gasteiger partial charge >= 0.3 is 0 Å². The molecule has 2 N–H and O–H groups in total. The molecular formula is C19H19N3O5. The first kappa shape index (κ1) is 18.4. The summed E-state index contributed by atoms with van der Waals surface area (Å²) in [6.45, 7) is -0.0951. The number of pyridine rings is 1.